The van der Waals surface area contributed by atoms with Gasteiger partial charge in [0.1, 0.15) is 12.2 Å². The minimum Gasteiger partial charge on any atom is -0.481 e. The molecule has 4 aromatic rings. The molecule has 0 saturated carbocycles. The molecule has 2 atom stereocenters. The standard InChI is InChI=1S/C26H22ClN7O3/c27-18-5-7-22(33-14-29-31-32-33)20(12-18)17-10-19-6-8-23(34(19)24(35)11-17)26-28-13-21(30-26)16-3-1-15(2-4-16)9-25(36)37/h1-5,7,11-14,19,23H,6,8-10H2,(H,28,30)(H,36,37)/t19?,23-/m0/s1. The summed E-state index contributed by atoms with van der Waals surface area (Å²) < 4.78 is 1.57. The first kappa shape index (κ1) is 23.1. The van der Waals surface area contributed by atoms with Gasteiger partial charge in [-0.3, -0.25) is 9.59 Å². The van der Waals surface area contributed by atoms with E-state index in [1.807, 2.05) is 29.2 Å². The van der Waals surface area contributed by atoms with Gasteiger partial charge in [0, 0.05) is 22.7 Å². The number of aromatic amines is 1. The Balaban J connectivity index is 1.25. The van der Waals surface area contributed by atoms with Gasteiger partial charge in [0.25, 0.3) is 0 Å². The minimum absolute atomic E-state index is 0.0169. The quantitative estimate of drug-likeness (QED) is 0.399. The molecule has 1 fully saturated rings. The number of carbonyl (C=O) groups excluding carboxylic acids is 1. The Kier molecular flexibility index (Phi) is 5.80. The summed E-state index contributed by atoms with van der Waals surface area (Å²) in [5.74, 6) is -0.181. The number of carboxylic acids is 1. The number of nitrogens with one attached hydrogen (secondary N) is 1. The summed E-state index contributed by atoms with van der Waals surface area (Å²) in [6.45, 7) is 0. The van der Waals surface area contributed by atoms with Crippen LogP contribution in [0.1, 0.15) is 42.3 Å². The molecular weight excluding hydrogens is 494 g/mol. The summed E-state index contributed by atoms with van der Waals surface area (Å²) in [5, 5.41) is 21.0. The van der Waals surface area contributed by atoms with Crippen LogP contribution in [0.15, 0.2) is 61.1 Å². The molecule has 2 aliphatic rings. The van der Waals surface area contributed by atoms with Crippen LogP contribution in [-0.4, -0.2) is 58.1 Å². The van der Waals surface area contributed by atoms with Crippen molar-refractivity contribution < 1.29 is 14.7 Å². The first-order valence-corrected chi connectivity index (χ1v) is 12.3. The van der Waals surface area contributed by atoms with Gasteiger partial charge < -0.3 is 15.0 Å². The van der Waals surface area contributed by atoms with Crippen molar-refractivity contribution in [3.05, 3.63) is 83.0 Å². The molecule has 37 heavy (non-hydrogen) atoms. The topological polar surface area (TPSA) is 130 Å². The number of tetrazole rings is 1. The van der Waals surface area contributed by atoms with E-state index in [4.69, 9.17) is 16.7 Å². The Morgan fingerprint density at radius 3 is 2.76 bits per heavy atom. The van der Waals surface area contributed by atoms with Gasteiger partial charge in [-0.05, 0) is 64.6 Å². The molecule has 2 aromatic heterocycles. The number of H-pyrrole nitrogens is 1. The number of carboxylic acid groups (broad SMARTS) is 1. The Morgan fingerprint density at radius 2 is 2.00 bits per heavy atom. The highest BCUT2D eigenvalue weighted by molar-refractivity contribution is 6.30. The lowest BCUT2D eigenvalue weighted by Crippen LogP contribution is -2.39. The van der Waals surface area contributed by atoms with Crippen LogP contribution in [0.5, 0.6) is 0 Å². The van der Waals surface area contributed by atoms with Crippen LogP contribution in [0.3, 0.4) is 0 Å². The number of carbonyl (C=O) groups is 2. The van der Waals surface area contributed by atoms with Crippen molar-refractivity contribution in [3.63, 3.8) is 0 Å². The van der Waals surface area contributed by atoms with E-state index in [9.17, 15) is 9.59 Å². The van der Waals surface area contributed by atoms with Crippen molar-refractivity contribution in [2.75, 3.05) is 0 Å². The lowest BCUT2D eigenvalue weighted by atomic mass is 9.92. The molecule has 0 spiro atoms. The zero-order valence-electron chi connectivity index (χ0n) is 19.6. The van der Waals surface area contributed by atoms with Gasteiger partial charge in [-0.1, -0.05) is 35.9 Å². The highest BCUT2D eigenvalue weighted by atomic mass is 35.5. The maximum Gasteiger partial charge on any atom is 0.307 e. The molecule has 0 bridgehead atoms. The molecule has 2 aromatic carbocycles. The largest absolute Gasteiger partial charge is 0.481 e. The van der Waals surface area contributed by atoms with Crippen LogP contribution >= 0.6 is 11.6 Å². The Morgan fingerprint density at radius 1 is 1.16 bits per heavy atom. The highest BCUT2D eigenvalue weighted by Crippen LogP contribution is 2.43. The molecular formula is C26H22ClN7O3. The van der Waals surface area contributed by atoms with E-state index in [2.05, 4.69) is 25.5 Å². The third-order valence-corrected chi connectivity index (χ3v) is 7.18. The van der Waals surface area contributed by atoms with Gasteiger partial charge in [0.05, 0.1) is 30.0 Å². The molecule has 0 aliphatic carbocycles. The molecule has 4 heterocycles. The summed E-state index contributed by atoms with van der Waals surface area (Å²) in [6.07, 6.45) is 7.29. The van der Waals surface area contributed by atoms with E-state index < -0.39 is 5.97 Å². The van der Waals surface area contributed by atoms with Gasteiger partial charge in [-0.25, -0.2) is 4.98 Å². The van der Waals surface area contributed by atoms with Crippen molar-refractivity contribution in [1.29, 1.82) is 0 Å². The first-order valence-electron chi connectivity index (χ1n) is 11.9. The Labute approximate surface area is 216 Å². The third kappa shape index (κ3) is 4.40. The first-order chi connectivity index (χ1) is 18.0. The molecule has 186 valence electrons. The van der Waals surface area contributed by atoms with E-state index >= 15 is 0 Å². The number of amides is 1. The average molecular weight is 516 g/mol. The maximum absolute atomic E-state index is 13.4. The second-order valence-corrected chi connectivity index (χ2v) is 9.67. The third-order valence-electron chi connectivity index (χ3n) is 6.94. The molecule has 2 aliphatic heterocycles. The zero-order chi connectivity index (χ0) is 25.5. The van der Waals surface area contributed by atoms with Gasteiger partial charge in [0.15, 0.2) is 0 Å². The van der Waals surface area contributed by atoms with Gasteiger partial charge in [0.2, 0.25) is 5.91 Å². The van der Waals surface area contributed by atoms with Gasteiger partial charge >= 0.3 is 5.97 Å². The van der Waals surface area contributed by atoms with Crippen molar-refractivity contribution in [1.82, 2.24) is 35.1 Å². The number of nitrogens with zero attached hydrogens (tertiary/aromatic N) is 6. The number of aliphatic carboxylic acids is 1. The summed E-state index contributed by atoms with van der Waals surface area (Å²) in [4.78, 5) is 34.2. The van der Waals surface area contributed by atoms with Crippen molar-refractivity contribution in [2.24, 2.45) is 0 Å². The van der Waals surface area contributed by atoms with Crippen LogP contribution in [0, 0.1) is 0 Å². The molecule has 1 amide bonds. The lowest BCUT2D eigenvalue weighted by molar-refractivity contribution is -0.136. The van der Waals surface area contributed by atoms with Crippen molar-refractivity contribution in [3.8, 4) is 16.9 Å². The summed E-state index contributed by atoms with van der Waals surface area (Å²) in [7, 11) is 0. The van der Waals surface area contributed by atoms with Crippen LogP contribution in [0.4, 0.5) is 0 Å². The monoisotopic (exact) mass is 515 g/mol. The predicted molar refractivity (Wildman–Crippen MR) is 135 cm³/mol. The minimum atomic E-state index is -0.863. The van der Waals surface area contributed by atoms with E-state index in [-0.39, 0.29) is 24.4 Å². The summed E-state index contributed by atoms with van der Waals surface area (Å²) in [5.41, 5.74) is 4.97. The molecule has 1 saturated heterocycles. The normalized spacial score (nSPS) is 19.1. The highest BCUT2D eigenvalue weighted by Gasteiger charge is 2.41. The number of hydrogen-bond acceptors (Lipinski definition) is 6. The number of fused-ring (bicyclic) bond motifs is 1. The van der Waals surface area contributed by atoms with E-state index in [0.29, 0.717) is 11.4 Å². The van der Waals surface area contributed by atoms with Crippen LogP contribution in [0.25, 0.3) is 22.5 Å². The van der Waals surface area contributed by atoms with E-state index in [0.717, 1.165) is 52.3 Å². The maximum atomic E-state index is 13.4. The molecule has 10 nitrogen and oxygen atoms in total. The number of benzene rings is 2. The van der Waals surface area contributed by atoms with Crippen LogP contribution in [0.2, 0.25) is 5.02 Å². The predicted octanol–water partition coefficient (Wildman–Crippen LogP) is 3.85. The lowest BCUT2D eigenvalue weighted by Gasteiger charge is -2.33. The SMILES string of the molecule is O=C(O)Cc1ccc(-c2cnc([C@@H]3CCC4CC(c5cc(Cl)ccc5-n5cnnn5)=CC(=O)N43)[nH]2)cc1. The van der Waals surface area contributed by atoms with Gasteiger partial charge in [-0.15, -0.1) is 5.10 Å². The fourth-order valence-corrected chi connectivity index (χ4v) is 5.45. The second kappa shape index (κ2) is 9.29. The molecule has 0 radical (unpaired) electrons. The molecule has 11 heteroatoms. The van der Waals surface area contributed by atoms with Crippen molar-refractivity contribution >= 4 is 29.1 Å². The van der Waals surface area contributed by atoms with Crippen LogP contribution < -0.4 is 0 Å². The fraction of sp³-hybridized carbons (Fsp3) is 0.231. The van der Waals surface area contributed by atoms with E-state index in [1.54, 1.807) is 35.2 Å². The molecule has 1 unspecified atom stereocenters. The van der Waals surface area contributed by atoms with Crippen LogP contribution in [-0.2, 0) is 16.0 Å². The Bertz CT molecular complexity index is 1510. The second-order valence-electron chi connectivity index (χ2n) is 9.23. The number of hydrogen-bond donors (Lipinski definition) is 2. The summed E-state index contributed by atoms with van der Waals surface area (Å²) in [6, 6.07) is 12.7. The number of aromatic nitrogens is 6. The molecule has 2 N–H and O–H groups in total. The fourth-order valence-electron chi connectivity index (χ4n) is 5.28. The molecule has 6 rings (SSSR count). The smallest absolute Gasteiger partial charge is 0.307 e. The number of halogens is 1. The van der Waals surface area contributed by atoms with E-state index in [1.165, 1.54) is 6.33 Å². The zero-order valence-corrected chi connectivity index (χ0v) is 20.3. The number of rotatable bonds is 6. The Hall–Kier alpha value is -4.31. The van der Waals surface area contributed by atoms with Crippen molar-refractivity contribution in [2.45, 2.75) is 37.8 Å². The number of imidazole rings is 1. The average Bonchev–Trinajstić information content (AvgIpc) is 3.65. The van der Waals surface area contributed by atoms with Gasteiger partial charge in [-0.2, -0.15) is 4.68 Å². The summed E-state index contributed by atoms with van der Waals surface area (Å²) >= 11 is 6.31.